The van der Waals surface area contributed by atoms with Crippen molar-refractivity contribution in [3.63, 3.8) is 0 Å². The van der Waals surface area contributed by atoms with Crippen molar-refractivity contribution in [3.8, 4) is 5.75 Å². The van der Waals surface area contributed by atoms with E-state index in [1.165, 1.54) is 0 Å². The fraction of sp³-hybridized carbons (Fsp3) is 0.500. The Labute approximate surface area is 117 Å². The molecule has 2 N–H and O–H groups in total. The van der Waals surface area contributed by atoms with Crippen LogP contribution < -0.4 is 10.1 Å². The van der Waals surface area contributed by atoms with Crippen LogP contribution in [-0.2, 0) is 4.79 Å². The summed E-state index contributed by atoms with van der Waals surface area (Å²) in [6.07, 6.45) is 0.558. The lowest BCUT2D eigenvalue weighted by molar-refractivity contribution is -0.141. The third-order valence-corrected chi connectivity index (χ3v) is 4.05. The van der Waals surface area contributed by atoms with Crippen LogP contribution in [0.2, 0.25) is 5.02 Å². The van der Waals surface area contributed by atoms with E-state index < -0.39 is 5.97 Å². The van der Waals surface area contributed by atoms with E-state index in [0.717, 1.165) is 22.4 Å². The molecule has 104 valence electrons. The Morgan fingerprint density at radius 3 is 2.74 bits per heavy atom. The number of methoxy groups -OCH3 is 1. The van der Waals surface area contributed by atoms with Gasteiger partial charge in [-0.3, -0.25) is 4.79 Å². The molecule has 0 bridgehead atoms. The van der Waals surface area contributed by atoms with Crippen LogP contribution in [0, 0.1) is 19.8 Å². The lowest BCUT2D eigenvalue weighted by atomic mass is 9.94. The van der Waals surface area contributed by atoms with Gasteiger partial charge in [-0.25, -0.2) is 0 Å². The second-order valence-corrected chi connectivity index (χ2v) is 5.39. The highest BCUT2D eigenvalue weighted by Gasteiger charge is 2.32. The zero-order valence-electron chi connectivity index (χ0n) is 11.3. The average Bonchev–Trinajstić information content (AvgIpc) is 2.78. The van der Waals surface area contributed by atoms with Gasteiger partial charge in [-0.05, 0) is 43.0 Å². The van der Waals surface area contributed by atoms with E-state index in [1.807, 2.05) is 19.9 Å². The predicted octanol–water partition coefficient (Wildman–Crippen LogP) is 2.70. The number of nitrogens with one attached hydrogen (secondary N) is 1. The maximum absolute atomic E-state index is 11.0. The first-order valence-electron chi connectivity index (χ1n) is 6.25. The van der Waals surface area contributed by atoms with E-state index in [1.54, 1.807) is 7.11 Å². The molecule has 4 nitrogen and oxygen atoms in total. The summed E-state index contributed by atoms with van der Waals surface area (Å²) in [7, 11) is 1.63. The number of benzene rings is 1. The van der Waals surface area contributed by atoms with E-state index in [2.05, 4.69) is 5.32 Å². The standard InChI is InChI=1S/C14H18ClNO3/c1-7-4-10(15)12(8(2)13(7)19-3)11-5-9(6-16-11)14(17)18/h4,9,11,16H,5-6H2,1-3H3,(H,17,18). The Bertz CT molecular complexity index is 516. The van der Waals surface area contributed by atoms with Crippen LogP contribution in [0.15, 0.2) is 6.07 Å². The lowest BCUT2D eigenvalue weighted by Crippen LogP contribution is -2.18. The minimum Gasteiger partial charge on any atom is -0.496 e. The molecule has 1 saturated heterocycles. The van der Waals surface area contributed by atoms with Gasteiger partial charge in [0.2, 0.25) is 0 Å². The Hall–Kier alpha value is -1.26. The van der Waals surface area contributed by atoms with Gasteiger partial charge < -0.3 is 15.2 Å². The molecule has 0 aliphatic carbocycles. The maximum atomic E-state index is 11.0. The summed E-state index contributed by atoms with van der Waals surface area (Å²) in [5.41, 5.74) is 2.92. The molecular weight excluding hydrogens is 266 g/mol. The minimum atomic E-state index is -0.761. The van der Waals surface area contributed by atoms with Crippen LogP contribution in [-0.4, -0.2) is 24.7 Å². The first-order chi connectivity index (χ1) is 8.95. The number of hydrogen-bond donors (Lipinski definition) is 2. The number of hydrogen-bond acceptors (Lipinski definition) is 3. The summed E-state index contributed by atoms with van der Waals surface area (Å²) in [6, 6.07) is 1.85. The predicted molar refractivity (Wildman–Crippen MR) is 74.0 cm³/mol. The third-order valence-electron chi connectivity index (χ3n) is 3.74. The molecule has 1 aliphatic heterocycles. The average molecular weight is 284 g/mol. The van der Waals surface area contributed by atoms with Crippen molar-refractivity contribution >= 4 is 17.6 Å². The summed E-state index contributed by atoms with van der Waals surface area (Å²) in [4.78, 5) is 11.0. The van der Waals surface area contributed by atoms with E-state index in [0.29, 0.717) is 18.0 Å². The Kier molecular flexibility index (Phi) is 4.02. The van der Waals surface area contributed by atoms with E-state index in [-0.39, 0.29) is 12.0 Å². The zero-order chi connectivity index (χ0) is 14.2. The number of aryl methyl sites for hydroxylation is 1. The monoisotopic (exact) mass is 283 g/mol. The normalized spacial score (nSPS) is 22.5. The molecule has 1 heterocycles. The second-order valence-electron chi connectivity index (χ2n) is 4.98. The SMILES string of the molecule is COc1c(C)cc(Cl)c(C2CC(C(=O)O)CN2)c1C. The van der Waals surface area contributed by atoms with E-state index in [9.17, 15) is 4.79 Å². The Morgan fingerprint density at radius 1 is 1.53 bits per heavy atom. The fourth-order valence-corrected chi connectivity index (χ4v) is 3.25. The summed E-state index contributed by atoms with van der Waals surface area (Å²) in [6.45, 7) is 4.39. The van der Waals surface area contributed by atoms with Crippen molar-refractivity contribution in [1.29, 1.82) is 0 Å². The summed E-state index contributed by atoms with van der Waals surface area (Å²) < 4.78 is 5.40. The Balaban J connectivity index is 2.38. The van der Waals surface area contributed by atoms with Gasteiger partial charge in [0.25, 0.3) is 0 Å². The van der Waals surface area contributed by atoms with Gasteiger partial charge in [0.15, 0.2) is 0 Å². The number of carboxylic acids is 1. The summed E-state index contributed by atoms with van der Waals surface area (Å²) in [5.74, 6) is -0.296. The van der Waals surface area contributed by atoms with Crippen LogP contribution in [0.25, 0.3) is 0 Å². The van der Waals surface area contributed by atoms with Gasteiger partial charge in [0, 0.05) is 17.6 Å². The fourth-order valence-electron chi connectivity index (χ4n) is 2.82. The molecule has 2 atom stereocenters. The zero-order valence-corrected chi connectivity index (χ0v) is 12.0. The molecule has 0 aromatic heterocycles. The molecule has 19 heavy (non-hydrogen) atoms. The number of ether oxygens (including phenoxy) is 1. The third kappa shape index (κ3) is 2.55. The molecule has 1 aromatic carbocycles. The molecule has 1 aromatic rings. The van der Waals surface area contributed by atoms with Gasteiger partial charge in [-0.2, -0.15) is 0 Å². The van der Waals surface area contributed by atoms with Crippen molar-refractivity contribution in [3.05, 3.63) is 27.8 Å². The number of aliphatic carboxylic acids is 1. The molecule has 2 unspecified atom stereocenters. The van der Waals surface area contributed by atoms with E-state index in [4.69, 9.17) is 21.4 Å². The molecule has 1 aliphatic rings. The second kappa shape index (κ2) is 5.39. The van der Waals surface area contributed by atoms with Crippen molar-refractivity contribution in [2.75, 3.05) is 13.7 Å². The van der Waals surface area contributed by atoms with Crippen LogP contribution in [0.5, 0.6) is 5.75 Å². The van der Waals surface area contributed by atoms with Gasteiger partial charge in [0.1, 0.15) is 5.75 Å². The van der Waals surface area contributed by atoms with Gasteiger partial charge in [0.05, 0.1) is 13.0 Å². The number of carbonyl (C=O) groups is 1. The first kappa shape index (κ1) is 14.2. The highest BCUT2D eigenvalue weighted by molar-refractivity contribution is 6.31. The van der Waals surface area contributed by atoms with Crippen molar-refractivity contribution in [2.45, 2.75) is 26.3 Å². The van der Waals surface area contributed by atoms with Crippen molar-refractivity contribution in [2.24, 2.45) is 5.92 Å². The van der Waals surface area contributed by atoms with Crippen molar-refractivity contribution in [1.82, 2.24) is 5.32 Å². The van der Waals surface area contributed by atoms with Gasteiger partial charge >= 0.3 is 5.97 Å². The topological polar surface area (TPSA) is 58.6 Å². The molecular formula is C14H18ClNO3. The maximum Gasteiger partial charge on any atom is 0.307 e. The van der Waals surface area contributed by atoms with Gasteiger partial charge in [-0.15, -0.1) is 0 Å². The number of carboxylic acid groups (broad SMARTS) is 1. The molecule has 5 heteroatoms. The molecule has 2 rings (SSSR count). The van der Waals surface area contributed by atoms with Crippen molar-refractivity contribution < 1.29 is 14.6 Å². The highest BCUT2D eigenvalue weighted by Crippen LogP contribution is 2.39. The largest absolute Gasteiger partial charge is 0.496 e. The summed E-state index contributed by atoms with van der Waals surface area (Å²) >= 11 is 6.33. The molecule has 0 amide bonds. The number of halogens is 1. The molecule has 0 saturated carbocycles. The molecule has 1 fully saturated rings. The van der Waals surface area contributed by atoms with E-state index >= 15 is 0 Å². The highest BCUT2D eigenvalue weighted by atomic mass is 35.5. The van der Waals surface area contributed by atoms with Crippen LogP contribution in [0.4, 0.5) is 0 Å². The lowest BCUT2D eigenvalue weighted by Gasteiger charge is -2.20. The quantitative estimate of drug-likeness (QED) is 0.895. The Morgan fingerprint density at radius 2 is 2.21 bits per heavy atom. The van der Waals surface area contributed by atoms with Crippen LogP contribution in [0.1, 0.15) is 29.2 Å². The van der Waals surface area contributed by atoms with Crippen LogP contribution in [0.3, 0.4) is 0 Å². The smallest absolute Gasteiger partial charge is 0.307 e. The summed E-state index contributed by atoms with van der Waals surface area (Å²) in [5, 5.41) is 13.0. The minimum absolute atomic E-state index is 0.0249. The first-order valence-corrected chi connectivity index (χ1v) is 6.63. The number of rotatable bonds is 3. The molecule has 0 radical (unpaired) electrons. The van der Waals surface area contributed by atoms with Gasteiger partial charge in [-0.1, -0.05) is 11.6 Å². The van der Waals surface area contributed by atoms with Crippen LogP contribution >= 0.6 is 11.6 Å². The molecule has 0 spiro atoms.